The van der Waals surface area contributed by atoms with E-state index < -0.39 is 22.0 Å². The summed E-state index contributed by atoms with van der Waals surface area (Å²) in [5.41, 5.74) is 2.35. The molecule has 0 aliphatic carbocycles. The molecule has 27 heavy (non-hydrogen) atoms. The van der Waals surface area contributed by atoms with Gasteiger partial charge in [-0.05, 0) is 49.7 Å². The summed E-state index contributed by atoms with van der Waals surface area (Å²) in [6, 6.07) is 8.43. The van der Waals surface area contributed by atoms with Crippen LogP contribution in [0.5, 0.6) is 0 Å². The van der Waals surface area contributed by atoms with Crippen molar-refractivity contribution in [2.45, 2.75) is 31.4 Å². The summed E-state index contributed by atoms with van der Waals surface area (Å²) in [6.07, 6.45) is 3.61. The Balaban J connectivity index is 1.63. The number of ether oxygens (including phenoxy) is 1. The second-order valence-electron chi connectivity index (χ2n) is 6.06. The maximum absolute atomic E-state index is 12.3. The first kappa shape index (κ1) is 19.3. The minimum absolute atomic E-state index is 0.0161. The van der Waals surface area contributed by atoms with Crippen LogP contribution in [0, 0.1) is 6.92 Å². The highest BCUT2D eigenvalue weighted by atomic mass is 35.5. The molecule has 9 heteroatoms. The molecule has 0 aliphatic rings. The van der Waals surface area contributed by atoms with E-state index in [2.05, 4.69) is 9.71 Å². The van der Waals surface area contributed by atoms with Gasteiger partial charge in [0.05, 0.1) is 10.6 Å². The second kappa shape index (κ2) is 7.67. The van der Waals surface area contributed by atoms with Crippen molar-refractivity contribution in [3.63, 3.8) is 0 Å². The zero-order chi connectivity index (χ0) is 19.6. The molecule has 0 radical (unpaired) electrons. The van der Waals surface area contributed by atoms with Gasteiger partial charge in [0.1, 0.15) is 18.3 Å². The number of benzene rings is 1. The summed E-state index contributed by atoms with van der Waals surface area (Å²) < 4.78 is 33.9. The molecular weight excluding hydrogens is 390 g/mol. The third-order valence-corrected chi connectivity index (χ3v) is 5.71. The van der Waals surface area contributed by atoms with Gasteiger partial charge in [-0.3, -0.25) is 4.79 Å². The highest BCUT2D eigenvalue weighted by Crippen LogP contribution is 2.15. The molecule has 1 aromatic carbocycles. The van der Waals surface area contributed by atoms with Crippen LogP contribution in [0.2, 0.25) is 5.02 Å². The number of fused-ring (bicyclic) bond motifs is 1. The average Bonchev–Trinajstić information content (AvgIpc) is 3.04. The Morgan fingerprint density at radius 3 is 2.67 bits per heavy atom. The molecule has 2 aromatic heterocycles. The number of imidazole rings is 1. The molecule has 0 saturated carbocycles. The minimum Gasteiger partial charge on any atom is -0.458 e. The van der Waals surface area contributed by atoms with E-state index in [1.165, 1.54) is 31.2 Å². The molecule has 7 nitrogen and oxygen atoms in total. The average molecular weight is 408 g/mol. The van der Waals surface area contributed by atoms with Gasteiger partial charge in [-0.15, -0.1) is 0 Å². The van der Waals surface area contributed by atoms with Gasteiger partial charge in [0.2, 0.25) is 10.0 Å². The van der Waals surface area contributed by atoms with Crippen LogP contribution >= 0.6 is 11.6 Å². The summed E-state index contributed by atoms with van der Waals surface area (Å²) >= 11 is 5.76. The first-order valence-electron chi connectivity index (χ1n) is 8.14. The molecule has 1 atom stereocenters. The van der Waals surface area contributed by atoms with Gasteiger partial charge in [0, 0.05) is 17.4 Å². The normalized spacial score (nSPS) is 12.9. The van der Waals surface area contributed by atoms with E-state index in [0.717, 1.165) is 11.2 Å². The summed E-state index contributed by atoms with van der Waals surface area (Å²) in [5.74, 6) is -0.693. The monoisotopic (exact) mass is 407 g/mol. The molecule has 3 aromatic rings. The lowest BCUT2D eigenvalue weighted by Gasteiger charge is -2.13. The summed E-state index contributed by atoms with van der Waals surface area (Å²) in [6.45, 7) is 3.31. The maximum Gasteiger partial charge on any atom is 0.324 e. The molecular formula is C18H18ClN3O4S. The maximum atomic E-state index is 12.3. The number of carbonyl (C=O) groups is 1. The lowest BCUT2D eigenvalue weighted by Crippen LogP contribution is -2.39. The van der Waals surface area contributed by atoms with E-state index in [9.17, 15) is 13.2 Å². The summed E-state index contributed by atoms with van der Waals surface area (Å²) in [7, 11) is -3.86. The third kappa shape index (κ3) is 4.47. The Hall–Kier alpha value is -2.42. The van der Waals surface area contributed by atoms with Gasteiger partial charge in [0.15, 0.2) is 0 Å². The van der Waals surface area contributed by atoms with Crippen LogP contribution in [-0.2, 0) is 26.2 Å². The fourth-order valence-electron chi connectivity index (χ4n) is 2.51. The van der Waals surface area contributed by atoms with E-state index in [1.807, 2.05) is 29.7 Å². The van der Waals surface area contributed by atoms with Crippen LogP contribution in [0.4, 0.5) is 0 Å². The predicted molar refractivity (Wildman–Crippen MR) is 101 cm³/mol. The molecule has 0 bridgehead atoms. The summed E-state index contributed by atoms with van der Waals surface area (Å²) in [5, 5.41) is 0.420. The van der Waals surface area contributed by atoms with Crippen molar-refractivity contribution in [1.82, 2.24) is 14.1 Å². The number of esters is 1. The van der Waals surface area contributed by atoms with Gasteiger partial charge in [-0.25, -0.2) is 13.4 Å². The van der Waals surface area contributed by atoms with Crippen molar-refractivity contribution in [3.8, 4) is 0 Å². The lowest BCUT2D eigenvalue weighted by molar-refractivity contribution is -0.146. The molecule has 2 heterocycles. The van der Waals surface area contributed by atoms with E-state index >= 15 is 0 Å². The van der Waals surface area contributed by atoms with Crippen molar-refractivity contribution < 1.29 is 17.9 Å². The first-order valence-corrected chi connectivity index (χ1v) is 10.00. The Bertz CT molecular complexity index is 1080. The largest absolute Gasteiger partial charge is 0.458 e. The van der Waals surface area contributed by atoms with Crippen molar-refractivity contribution in [2.75, 3.05) is 0 Å². The van der Waals surface area contributed by atoms with E-state index in [4.69, 9.17) is 16.3 Å². The van der Waals surface area contributed by atoms with E-state index in [1.54, 1.807) is 6.20 Å². The lowest BCUT2D eigenvalue weighted by atomic mass is 10.3. The van der Waals surface area contributed by atoms with Crippen molar-refractivity contribution in [1.29, 1.82) is 0 Å². The predicted octanol–water partition coefficient (Wildman–Crippen LogP) is 2.71. The Morgan fingerprint density at radius 2 is 2.00 bits per heavy atom. The molecule has 0 amide bonds. The van der Waals surface area contributed by atoms with Gasteiger partial charge in [-0.1, -0.05) is 17.7 Å². The summed E-state index contributed by atoms with van der Waals surface area (Å²) in [4.78, 5) is 16.6. The molecule has 142 valence electrons. The number of nitrogens with zero attached hydrogens (tertiary/aromatic N) is 2. The first-order chi connectivity index (χ1) is 12.8. The number of nitrogens with one attached hydrogen (secondary N) is 1. The van der Waals surface area contributed by atoms with Gasteiger partial charge in [-0.2, -0.15) is 4.72 Å². The van der Waals surface area contributed by atoms with Crippen molar-refractivity contribution in [2.24, 2.45) is 0 Å². The van der Waals surface area contributed by atoms with Gasteiger partial charge >= 0.3 is 5.97 Å². The molecule has 0 spiro atoms. The third-order valence-electron chi connectivity index (χ3n) is 3.90. The molecule has 0 aliphatic heterocycles. The number of aryl methyl sites for hydroxylation is 1. The van der Waals surface area contributed by atoms with Crippen LogP contribution in [0.3, 0.4) is 0 Å². The minimum atomic E-state index is -3.86. The zero-order valence-electron chi connectivity index (χ0n) is 14.7. The van der Waals surface area contributed by atoms with Crippen LogP contribution in [0.25, 0.3) is 5.65 Å². The van der Waals surface area contributed by atoms with Crippen LogP contribution in [0.15, 0.2) is 53.7 Å². The standard InChI is InChI=1S/C18H18ClN3O4S/c1-12-4-3-9-22-10-15(20-17(12)22)11-26-18(23)13(2)21-27(24,25)16-7-5-14(19)6-8-16/h3-10,13,21H,11H2,1-2H3/t13-/m0/s1. The van der Waals surface area contributed by atoms with Crippen molar-refractivity contribution in [3.05, 3.63) is 65.1 Å². The molecule has 3 rings (SSSR count). The highest BCUT2D eigenvalue weighted by Gasteiger charge is 2.23. The quantitative estimate of drug-likeness (QED) is 0.634. The Labute approximate surface area is 162 Å². The number of halogens is 1. The topological polar surface area (TPSA) is 89.8 Å². The smallest absolute Gasteiger partial charge is 0.324 e. The SMILES string of the molecule is Cc1cccn2cc(COC(=O)[C@H](C)NS(=O)(=O)c3ccc(Cl)cc3)nc12. The molecule has 0 unspecified atom stereocenters. The molecule has 0 fully saturated rings. The molecule has 1 N–H and O–H groups in total. The zero-order valence-corrected chi connectivity index (χ0v) is 16.3. The second-order valence-corrected chi connectivity index (χ2v) is 8.21. The Morgan fingerprint density at radius 1 is 1.30 bits per heavy atom. The number of sulfonamides is 1. The van der Waals surface area contributed by atoms with Crippen LogP contribution in [0.1, 0.15) is 18.2 Å². The van der Waals surface area contributed by atoms with E-state index in [0.29, 0.717) is 10.7 Å². The number of pyridine rings is 1. The number of rotatable bonds is 6. The van der Waals surface area contributed by atoms with Crippen LogP contribution in [-0.4, -0.2) is 29.8 Å². The highest BCUT2D eigenvalue weighted by molar-refractivity contribution is 7.89. The number of aromatic nitrogens is 2. The fourth-order valence-corrected chi connectivity index (χ4v) is 3.82. The van der Waals surface area contributed by atoms with E-state index in [-0.39, 0.29) is 11.5 Å². The van der Waals surface area contributed by atoms with Gasteiger partial charge < -0.3 is 9.14 Å². The van der Waals surface area contributed by atoms with Crippen LogP contribution < -0.4 is 4.72 Å². The molecule has 0 saturated heterocycles. The van der Waals surface area contributed by atoms with Gasteiger partial charge in [0.25, 0.3) is 0 Å². The number of hydrogen-bond donors (Lipinski definition) is 1. The number of hydrogen-bond acceptors (Lipinski definition) is 5. The Kier molecular flexibility index (Phi) is 5.50. The fraction of sp³-hybridized carbons (Fsp3) is 0.222. The number of carbonyl (C=O) groups excluding carboxylic acids is 1. The van der Waals surface area contributed by atoms with Crippen molar-refractivity contribution >= 4 is 33.2 Å².